The molecule has 0 aliphatic rings. The zero-order valence-corrected chi connectivity index (χ0v) is 13.2. The van der Waals surface area contributed by atoms with Crippen molar-refractivity contribution in [2.75, 3.05) is 17.2 Å². The van der Waals surface area contributed by atoms with Crippen LogP contribution in [0.25, 0.3) is 0 Å². The summed E-state index contributed by atoms with van der Waals surface area (Å²) in [6, 6.07) is 14.2. The SMILES string of the molecule is N#Cc1ccc(NCC(=O)Nc2ccccc2Cl)c(Br)c1. The van der Waals surface area contributed by atoms with E-state index >= 15 is 0 Å². The minimum Gasteiger partial charge on any atom is -0.375 e. The molecule has 0 aliphatic carbocycles. The van der Waals surface area contributed by atoms with Gasteiger partial charge in [0.15, 0.2) is 0 Å². The molecule has 0 radical (unpaired) electrons. The van der Waals surface area contributed by atoms with Gasteiger partial charge in [-0.2, -0.15) is 5.26 Å². The fourth-order valence-corrected chi connectivity index (χ4v) is 2.36. The third-order valence-corrected chi connectivity index (χ3v) is 3.67. The summed E-state index contributed by atoms with van der Waals surface area (Å²) in [6.45, 7) is 0.0930. The van der Waals surface area contributed by atoms with Crippen LogP contribution in [0.1, 0.15) is 5.56 Å². The van der Waals surface area contributed by atoms with Crippen LogP contribution in [0.3, 0.4) is 0 Å². The number of nitriles is 1. The molecule has 106 valence electrons. The lowest BCUT2D eigenvalue weighted by atomic mass is 10.2. The number of anilines is 2. The molecule has 0 saturated heterocycles. The number of carbonyl (C=O) groups excluding carboxylic acids is 1. The molecule has 0 fully saturated rings. The summed E-state index contributed by atoms with van der Waals surface area (Å²) in [7, 11) is 0. The Labute approximate surface area is 135 Å². The summed E-state index contributed by atoms with van der Waals surface area (Å²) in [5.41, 5.74) is 1.86. The first kappa shape index (κ1) is 15.4. The minimum absolute atomic E-state index is 0.0930. The number of hydrogen-bond donors (Lipinski definition) is 2. The molecule has 0 unspecified atom stereocenters. The van der Waals surface area contributed by atoms with Gasteiger partial charge in [0, 0.05) is 10.2 Å². The van der Waals surface area contributed by atoms with Gasteiger partial charge in [-0.25, -0.2) is 0 Å². The molecule has 1 amide bonds. The highest BCUT2D eigenvalue weighted by Crippen LogP contribution is 2.23. The van der Waals surface area contributed by atoms with Crippen LogP contribution in [-0.4, -0.2) is 12.5 Å². The highest BCUT2D eigenvalue weighted by atomic mass is 79.9. The van der Waals surface area contributed by atoms with E-state index in [1.807, 2.05) is 6.07 Å². The minimum atomic E-state index is -0.209. The number of benzene rings is 2. The van der Waals surface area contributed by atoms with Crippen molar-refractivity contribution in [1.29, 1.82) is 5.26 Å². The zero-order chi connectivity index (χ0) is 15.2. The van der Waals surface area contributed by atoms with Crippen LogP contribution in [0.2, 0.25) is 5.02 Å². The Balaban J connectivity index is 1.96. The highest BCUT2D eigenvalue weighted by Gasteiger charge is 2.07. The number of nitrogens with one attached hydrogen (secondary N) is 2. The van der Waals surface area contributed by atoms with Crippen molar-refractivity contribution in [2.24, 2.45) is 0 Å². The first-order valence-electron chi connectivity index (χ1n) is 6.08. The Morgan fingerprint density at radius 3 is 2.67 bits per heavy atom. The standard InChI is InChI=1S/C15H11BrClN3O/c16-11-7-10(8-18)5-6-13(11)19-9-15(21)20-14-4-2-1-3-12(14)17/h1-7,19H,9H2,(H,20,21). The van der Waals surface area contributed by atoms with Gasteiger partial charge in [0.1, 0.15) is 0 Å². The Kier molecular flexibility index (Phi) is 5.20. The molecule has 2 aromatic carbocycles. The van der Waals surface area contributed by atoms with Crippen molar-refractivity contribution in [1.82, 2.24) is 0 Å². The molecule has 6 heteroatoms. The number of para-hydroxylation sites is 1. The monoisotopic (exact) mass is 363 g/mol. The molecule has 2 N–H and O–H groups in total. The smallest absolute Gasteiger partial charge is 0.243 e. The van der Waals surface area contributed by atoms with E-state index in [4.69, 9.17) is 16.9 Å². The average Bonchev–Trinajstić information content (AvgIpc) is 2.48. The summed E-state index contributed by atoms with van der Waals surface area (Å²) < 4.78 is 0.729. The Morgan fingerprint density at radius 1 is 1.24 bits per heavy atom. The third-order valence-electron chi connectivity index (χ3n) is 2.69. The highest BCUT2D eigenvalue weighted by molar-refractivity contribution is 9.10. The van der Waals surface area contributed by atoms with Crippen molar-refractivity contribution in [3.63, 3.8) is 0 Å². The first-order valence-corrected chi connectivity index (χ1v) is 7.25. The van der Waals surface area contributed by atoms with Crippen LogP contribution in [0.5, 0.6) is 0 Å². The summed E-state index contributed by atoms with van der Waals surface area (Å²) in [6.07, 6.45) is 0. The van der Waals surface area contributed by atoms with E-state index in [-0.39, 0.29) is 12.5 Å². The molecular weight excluding hydrogens is 354 g/mol. The summed E-state index contributed by atoms with van der Waals surface area (Å²) in [5, 5.41) is 15.0. The molecule has 0 aliphatic heterocycles. The Hall–Kier alpha value is -2.03. The van der Waals surface area contributed by atoms with Crippen molar-refractivity contribution < 1.29 is 4.79 Å². The molecule has 4 nitrogen and oxygen atoms in total. The number of rotatable bonds is 4. The van der Waals surface area contributed by atoms with Gasteiger partial charge >= 0.3 is 0 Å². The van der Waals surface area contributed by atoms with E-state index in [9.17, 15) is 4.79 Å². The van der Waals surface area contributed by atoms with Crippen LogP contribution in [0.15, 0.2) is 46.9 Å². The predicted molar refractivity (Wildman–Crippen MR) is 87.4 cm³/mol. The number of hydrogen-bond acceptors (Lipinski definition) is 3. The van der Waals surface area contributed by atoms with Crippen LogP contribution in [0.4, 0.5) is 11.4 Å². The molecule has 2 aromatic rings. The Bertz CT molecular complexity index is 712. The average molecular weight is 365 g/mol. The van der Waals surface area contributed by atoms with Gasteiger partial charge in [-0.15, -0.1) is 0 Å². The van der Waals surface area contributed by atoms with E-state index in [0.29, 0.717) is 16.3 Å². The van der Waals surface area contributed by atoms with E-state index in [2.05, 4.69) is 26.6 Å². The molecule has 0 heterocycles. The van der Waals surface area contributed by atoms with Crippen molar-refractivity contribution in [3.05, 3.63) is 57.5 Å². The maximum atomic E-state index is 11.9. The van der Waals surface area contributed by atoms with Crippen molar-refractivity contribution >= 4 is 44.8 Å². The van der Waals surface area contributed by atoms with Crippen LogP contribution in [-0.2, 0) is 4.79 Å². The summed E-state index contributed by atoms with van der Waals surface area (Å²) in [5.74, 6) is -0.209. The lowest BCUT2D eigenvalue weighted by Crippen LogP contribution is -2.22. The number of halogens is 2. The van der Waals surface area contributed by atoms with Crippen LogP contribution in [0, 0.1) is 11.3 Å². The van der Waals surface area contributed by atoms with Gasteiger partial charge in [0.2, 0.25) is 5.91 Å². The molecule has 2 rings (SSSR count). The van der Waals surface area contributed by atoms with Crippen LogP contribution >= 0.6 is 27.5 Å². The van der Waals surface area contributed by atoms with Gasteiger partial charge in [-0.3, -0.25) is 4.79 Å². The first-order chi connectivity index (χ1) is 10.1. The van der Waals surface area contributed by atoms with Crippen molar-refractivity contribution in [2.45, 2.75) is 0 Å². The quantitative estimate of drug-likeness (QED) is 0.861. The fraction of sp³-hybridized carbons (Fsp3) is 0.0667. The zero-order valence-electron chi connectivity index (χ0n) is 10.9. The topological polar surface area (TPSA) is 64.9 Å². The molecule has 0 aromatic heterocycles. The summed E-state index contributed by atoms with van der Waals surface area (Å²) >= 11 is 9.32. The van der Waals surface area contributed by atoms with Crippen molar-refractivity contribution in [3.8, 4) is 6.07 Å². The van der Waals surface area contributed by atoms with E-state index < -0.39 is 0 Å². The fourth-order valence-electron chi connectivity index (χ4n) is 1.66. The van der Waals surface area contributed by atoms with Gasteiger partial charge < -0.3 is 10.6 Å². The lowest BCUT2D eigenvalue weighted by Gasteiger charge is -2.10. The molecule has 0 saturated carbocycles. The number of amides is 1. The van der Waals surface area contributed by atoms with Gasteiger partial charge in [0.05, 0.1) is 28.9 Å². The van der Waals surface area contributed by atoms with E-state index in [0.717, 1.165) is 10.2 Å². The third kappa shape index (κ3) is 4.22. The second-order valence-corrected chi connectivity index (χ2v) is 5.45. The van der Waals surface area contributed by atoms with Gasteiger partial charge in [-0.1, -0.05) is 23.7 Å². The molecule has 0 atom stereocenters. The molecule has 21 heavy (non-hydrogen) atoms. The van der Waals surface area contributed by atoms with E-state index in [1.165, 1.54) is 0 Å². The lowest BCUT2D eigenvalue weighted by molar-refractivity contribution is -0.114. The van der Waals surface area contributed by atoms with Crippen LogP contribution < -0.4 is 10.6 Å². The summed E-state index contributed by atoms with van der Waals surface area (Å²) in [4.78, 5) is 11.9. The number of carbonyl (C=O) groups is 1. The van der Waals surface area contributed by atoms with Gasteiger partial charge in [-0.05, 0) is 46.3 Å². The second kappa shape index (κ2) is 7.11. The second-order valence-electron chi connectivity index (χ2n) is 4.19. The molecular formula is C15H11BrClN3O. The largest absolute Gasteiger partial charge is 0.375 e. The van der Waals surface area contributed by atoms with E-state index in [1.54, 1.807) is 42.5 Å². The van der Waals surface area contributed by atoms with Gasteiger partial charge in [0.25, 0.3) is 0 Å². The normalized spacial score (nSPS) is 9.76. The predicted octanol–water partition coefficient (Wildman–Crippen LogP) is 4.02. The Morgan fingerprint density at radius 2 is 2.00 bits per heavy atom. The molecule has 0 bridgehead atoms. The maximum absolute atomic E-state index is 11.9. The molecule has 0 spiro atoms. The maximum Gasteiger partial charge on any atom is 0.243 e. The number of nitrogens with zero attached hydrogens (tertiary/aromatic N) is 1.